The number of carbonyl (C=O) groups is 2. The van der Waals surface area contributed by atoms with Crippen molar-refractivity contribution in [3.05, 3.63) is 89.7 Å². The monoisotopic (exact) mass is 363 g/mol. The summed E-state index contributed by atoms with van der Waals surface area (Å²) in [5, 5.41) is 0. The summed E-state index contributed by atoms with van der Waals surface area (Å²) in [6.45, 7) is 0.166. The van der Waals surface area contributed by atoms with Crippen molar-refractivity contribution < 1.29 is 23.8 Å². The van der Waals surface area contributed by atoms with Crippen molar-refractivity contribution in [2.24, 2.45) is 0 Å². The SMILES string of the molecule is COc1cc(C(=O)OCc2ccccc2)ccc1OC(=O)c1cccnc1. The summed E-state index contributed by atoms with van der Waals surface area (Å²) in [5.74, 6) is -0.615. The molecule has 0 atom stereocenters. The number of aromatic nitrogens is 1. The predicted molar refractivity (Wildman–Crippen MR) is 97.8 cm³/mol. The summed E-state index contributed by atoms with van der Waals surface area (Å²) < 4.78 is 15.9. The number of ether oxygens (including phenoxy) is 3. The maximum atomic E-state index is 12.2. The lowest BCUT2D eigenvalue weighted by molar-refractivity contribution is 0.0472. The van der Waals surface area contributed by atoms with E-state index in [-0.39, 0.29) is 18.1 Å². The molecule has 0 amide bonds. The van der Waals surface area contributed by atoms with Crippen LogP contribution >= 0.6 is 0 Å². The molecule has 3 rings (SSSR count). The van der Waals surface area contributed by atoms with E-state index in [1.807, 2.05) is 30.3 Å². The first kappa shape index (κ1) is 18.1. The number of hydrogen-bond acceptors (Lipinski definition) is 6. The van der Waals surface area contributed by atoms with Crippen molar-refractivity contribution in [2.45, 2.75) is 6.61 Å². The molecule has 0 aliphatic rings. The van der Waals surface area contributed by atoms with Crippen LogP contribution in [0.3, 0.4) is 0 Å². The number of nitrogens with zero attached hydrogens (tertiary/aromatic N) is 1. The molecule has 0 saturated carbocycles. The molecule has 1 heterocycles. The molecule has 0 saturated heterocycles. The molecule has 0 bridgehead atoms. The highest BCUT2D eigenvalue weighted by Crippen LogP contribution is 2.29. The maximum Gasteiger partial charge on any atom is 0.345 e. The number of pyridine rings is 1. The standard InChI is InChI=1S/C21H17NO5/c1-25-19-12-16(20(23)26-14-15-6-3-2-4-7-15)9-10-18(19)27-21(24)17-8-5-11-22-13-17/h2-13H,14H2,1H3. The topological polar surface area (TPSA) is 74.7 Å². The molecule has 2 aromatic carbocycles. The van der Waals surface area contributed by atoms with E-state index in [1.165, 1.54) is 31.5 Å². The van der Waals surface area contributed by atoms with Gasteiger partial charge in [-0.25, -0.2) is 9.59 Å². The highest BCUT2D eigenvalue weighted by Gasteiger charge is 2.16. The molecule has 0 spiro atoms. The Morgan fingerprint density at radius 1 is 0.889 bits per heavy atom. The number of hydrogen-bond donors (Lipinski definition) is 0. The van der Waals surface area contributed by atoms with Crippen LogP contribution < -0.4 is 9.47 Å². The molecule has 0 N–H and O–H groups in total. The van der Waals surface area contributed by atoms with Gasteiger partial charge in [0.15, 0.2) is 11.5 Å². The minimum atomic E-state index is -0.569. The van der Waals surface area contributed by atoms with Crippen molar-refractivity contribution in [3.8, 4) is 11.5 Å². The second-order valence-corrected chi connectivity index (χ2v) is 5.56. The van der Waals surface area contributed by atoms with Crippen LogP contribution in [0, 0.1) is 0 Å². The third-order valence-corrected chi connectivity index (χ3v) is 3.71. The number of rotatable bonds is 6. The number of esters is 2. The van der Waals surface area contributed by atoms with E-state index < -0.39 is 11.9 Å². The van der Waals surface area contributed by atoms with Crippen molar-refractivity contribution in [1.29, 1.82) is 0 Å². The van der Waals surface area contributed by atoms with Gasteiger partial charge in [-0.15, -0.1) is 0 Å². The van der Waals surface area contributed by atoms with E-state index >= 15 is 0 Å². The van der Waals surface area contributed by atoms with E-state index in [2.05, 4.69) is 4.98 Å². The van der Waals surface area contributed by atoms with Gasteiger partial charge in [0.1, 0.15) is 6.61 Å². The number of methoxy groups -OCH3 is 1. The van der Waals surface area contributed by atoms with Gasteiger partial charge in [-0.3, -0.25) is 4.98 Å². The number of benzene rings is 2. The first-order valence-electron chi connectivity index (χ1n) is 8.18. The van der Waals surface area contributed by atoms with Gasteiger partial charge in [-0.1, -0.05) is 30.3 Å². The van der Waals surface area contributed by atoms with Crippen molar-refractivity contribution in [2.75, 3.05) is 7.11 Å². The molecule has 0 radical (unpaired) electrons. The lowest BCUT2D eigenvalue weighted by atomic mass is 10.2. The van der Waals surface area contributed by atoms with Gasteiger partial charge in [-0.2, -0.15) is 0 Å². The van der Waals surface area contributed by atoms with Gasteiger partial charge in [0.05, 0.1) is 18.2 Å². The molecule has 6 heteroatoms. The first-order chi connectivity index (χ1) is 13.2. The molecule has 3 aromatic rings. The summed E-state index contributed by atoms with van der Waals surface area (Å²) in [7, 11) is 1.43. The largest absolute Gasteiger partial charge is 0.493 e. The summed E-state index contributed by atoms with van der Waals surface area (Å²) >= 11 is 0. The zero-order valence-electron chi connectivity index (χ0n) is 14.6. The maximum absolute atomic E-state index is 12.2. The zero-order valence-corrected chi connectivity index (χ0v) is 14.6. The average Bonchev–Trinajstić information content (AvgIpc) is 2.73. The average molecular weight is 363 g/mol. The Kier molecular flexibility index (Phi) is 5.79. The van der Waals surface area contributed by atoms with Gasteiger partial charge in [-0.05, 0) is 35.9 Å². The van der Waals surface area contributed by atoms with Gasteiger partial charge in [0.2, 0.25) is 0 Å². The molecule has 6 nitrogen and oxygen atoms in total. The van der Waals surface area contributed by atoms with Crippen LogP contribution in [0.2, 0.25) is 0 Å². The fourth-order valence-electron chi connectivity index (χ4n) is 2.33. The number of carbonyl (C=O) groups excluding carboxylic acids is 2. The van der Waals surface area contributed by atoms with Crippen molar-refractivity contribution in [1.82, 2.24) is 4.98 Å². The molecule has 1 aromatic heterocycles. The van der Waals surface area contributed by atoms with Gasteiger partial charge >= 0.3 is 11.9 Å². The normalized spacial score (nSPS) is 10.1. The van der Waals surface area contributed by atoms with Crippen LogP contribution in [-0.4, -0.2) is 24.0 Å². The Labute approximate surface area is 156 Å². The van der Waals surface area contributed by atoms with Crippen molar-refractivity contribution in [3.63, 3.8) is 0 Å². The van der Waals surface area contributed by atoms with Crippen LogP contribution in [0.4, 0.5) is 0 Å². The summed E-state index contributed by atoms with van der Waals surface area (Å²) in [6.07, 6.45) is 2.97. The predicted octanol–water partition coefficient (Wildman–Crippen LogP) is 3.67. The first-order valence-corrected chi connectivity index (χ1v) is 8.18. The second kappa shape index (κ2) is 8.62. The molecule has 27 heavy (non-hydrogen) atoms. The third kappa shape index (κ3) is 4.70. The van der Waals surface area contributed by atoms with Crippen LogP contribution in [0.1, 0.15) is 26.3 Å². The third-order valence-electron chi connectivity index (χ3n) is 3.71. The molecule has 136 valence electrons. The Balaban J connectivity index is 1.70. The quantitative estimate of drug-likeness (QED) is 0.491. The fourth-order valence-corrected chi connectivity index (χ4v) is 2.33. The minimum Gasteiger partial charge on any atom is -0.493 e. The molecular weight excluding hydrogens is 346 g/mol. The van der Waals surface area contributed by atoms with Gasteiger partial charge < -0.3 is 14.2 Å². The van der Waals surface area contributed by atoms with E-state index in [9.17, 15) is 9.59 Å². The highest BCUT2D eigenvalue weighted by molar-refractivity contribution is 5.92. The van der Waals surface area contributed by atoms with Crippen LogP contribution in [-0.2, 0) is 11.3 Å². The Morgan fingerprint density at radius 3 is 2.41 bits per heavy atom. The molecular formula is C21H17NO5. The van der Waals surface area contributed by atoms with Gasteiger partial charge in [0.25, 0.3) is 0 Å². The second-order valence-electron chi connectivity index (χ2n) is 5.56. The summed E-state index contributed by atoms with van der Waals surface area (Å²) in [4.78, 5) is 28.3. The zero-order chi connectivity index (χ0) is 19.1. The van der Waals surface area contributed by atoms with E-state index in [0.717, 1.165) is 5.56 Å². The highest BCUT2D eigenvalue weighted by atomic mass is 16.6. The van der Waals surface area contributed by atoms with E-state index in [1.54, 1.807) is 18.3 Å². The minimum absolute atomic E-state index is 0.166. The van der Waals surface area contributed by atoms with E-state index in [0.29, 0.717) is 11.1 Å². The molecule has 0 aliphatic heterocycles. The van der Waals surface area contributed by atoms with Crippen LogP contribution in [0.5, 0.6) is 11.5 Å². The lowest BCUT2D eigenvalue weighted by Gasteiger charge is -2.11. The molecule has 0 fully saturated rings. The van der Waals surface area contributed by atoms with E-state index in [4.69, 9.17) is 14.2 Å². The van der Waals surface area contributed by atoms with Crippen LogP contribution in [0.15, 0.2) is 73.1 Å². The lowest BCUT2D eigenvalue weighted by Crippen LogP contribution is -2.10. The van der Waals surface area contributed by atoms with Crippen LogP contribution in [0.25, 0.3) is 0 Å². The summed E-state index contributed by atoms with van der Waals surface area (Å²) in [6, 6.07) is 17.1. The smallest absolute Gasteiger partial charge is 0.345 e. The van der Waals surface area contributed by atoms with Crippen molar-refractivity contribution >= 4 is 11.9 Å². The molecule has 0 aliphatic carbocycles. The van der Waals surface area contributed by atoms with Gasteiger partial charge in [0, 0.05) is 12.4 Å². The molecule has 0 unspecified atom stereocenters. The Hall–Kier alpha value is -3.67. The fraction of sp³-hybridized carbons (Fsp3) is 0.0952. The summed E-state index contributed by atoms with van der Waals surface area (Å²) in [5.41, 5.74) is 1.50. The Morgan fingerprint density at radius 2 is 1.70 bits per heavy atom. The Bertz CT molecular complexity index is 926.